The quantitative estimate of drug-likeness (QED) is 0.187. The lowest BCUT2D eigenvalue weighted by molar-refractivity contribution is -0.146. The van der Waals surface area contributed by atoms with Crippen LogP contribution in [0.1, 0.15) is 59.6 Å². The predicted octanol–water partition coefficient (Wildman–Crippen LogP) is 5.39. The van der Waals surface area contributed by atoms with Gasteiger partial charge in [0.05, 0.1) is 24.0 Å². The molecule has 1 heterocycles. The molecule has 2 amide bonds. The largest absolute Gasteiger partial charge is 0.505 e. The van der Waals surface area contributed by atoms with Crippen molar-refractivity contribution in [3.05, 3.63) is 53.1 Å². The zero-order valence-corrected chi connectivity index (χ0v) is 30.3. The van der Waals surface area contributed by atoms with Crippen molar-refractivity contribution in [1.29, 1.82) is 0 Å². The average molecular weight is 674 g/mol. The van der Waals surface area contributed by atoms with Gasteiger partial charge in [0, 0.05) is 77.4 Å². The summed E-state index contributed by atoms with van der Waals surface area (Å²) in [5.74, 6) is -1.60. The third kappa shape index (κ3) is 11.2. The van der Waals surface area contributed by atoms with Gasteiger partial charge < -0.3 is 44.3 Å². The van der Waals surface area contributed by atoms with Gasteiger partial charge in [-0.1, -0.05) is 45.1 Å². The van der Waals surface area contributed by atoms with Gasteiger partial charge in [-0.05, 0) is 44.9 Å². The Morgan fingerprint density at radius 3 is 2.31 bits per heavy atom. The molecule has 0 radical (unpaired) electrons. The van der Waals surface area contributed by atoms with Crippen LogP contribution < -0.4 is 15.4 Å². The topological polar surface area (TPSA) is 145 Å². The first-order valence-electron chi connectivity index (χ1n) is 16.2. The van der Waals surface area contributed by atoms with Crippen molar-refractivity contribution in [1.82, 2.24) is 10.2 Å². The fourth-order valence-corrected chi connectivity index (χ4v) is 5.95. The lowest BCUT2D eigenvalue weighted by Gasteiger charge is -2.33. The summed E-state index contributed by atoms with van der Waals surface area (Å²) >= 11 is 0. The highest BCUT2D eigenvalue weighted by atomic mass is 16.6. The highest BCUT2D eigenvalue weighted by Crippen LogP contribution is 2.42. The molecule has 48 heavy (non-hydrogen) atoms. The van der Waals surface area contributed by atoms with Crippen molar-refractivity contribution < 1.29 is 43.2 Å². The lowest BCUT2D eigenvalue weighted by Crippen LogP contribution is -2.37. The molecule has 0 aliphatic carbocycles. The molecule has 2 bridgehead atoms. The maximum Gasteiger partial charge on any atom is 0.415 e. The van der Waals surface area contributed by atoms with Crippen molar-refractivity contribution in [2.75, 3.05) is 53.8 Å². The number of methoxy groups -OCH3 is 3. The van der Waals surface area contributed by atoms with E-state index < -0.39 is 36.3 Å². The van der Waals surface area contributed by atoms with Crippen molar-refractivity contribution in [3.63, 3.8) is 0 Å². The van der Waals surface area contributed by atoms with Crippen LogP contribution in [-0.2, 0) is 28.5 Å². The molecular weight excluding hydrogens is 618 g/mol. The van der Waals surface area contributed by atoms with Crippen molar-refractivity contribution in [2.24, 2.45) is 17.8 Å². The molecular formula is C36H55N3O9. The predicted molar refractivity (Wildman–Crippen MR) is 185 cm³/mol. The third-order valence-corrected chi connectivity index (χ3v) is 8.58. The number of amides is 2. The van der Waals surface area contributed by atoms with Gasteiger partial charge in [-0.3, -0.25) is 9.59 Å². The summed E-state index contributed by atoms with van der Waals surface area (Å²) in [4.78, 5) is 39.7. The SMILES string of the molecule is CNCCN(C)C(=O)Oc1cc2c(O)c(c1)[C@H](OC)[C@@H](C)C[C@H](OC)[C@H](OC)[C@@H](C)/C=C(\C)[C@H](OC(C)=O)[C@@H](C)/C=C\C=C(/C)C(=O)N2. The number of benzene rings is 1. The van der Waals surface area contributed by atoms with Crippen LogP contribution in [0.5, 0.6) is 11.5 Å². The van der Waals surface area contributed by atoms with E-state index >= 15 is 0 Å². The van der Waals surface area contributed by atoms with Crippen molar-refractivity contribution in [2.45, 2.75) is 72.4 Å². The standard InChI is InChI=1S/C36H55N3O9/c1-21-13-12-14-22(2)35(42)38-29-20-27(48-36(43)39(8)16-15-37-7)19-28(31(29)41)33(45-10)25(5)18-30(44-9)34(46-11)24(4)17-23(3)32(21)47-26(6)40/h12-14,17,19-21,24-25,30,32-34,37,41H,15-16,18H2,1-11H3,(H,38,42)/b13-12-,22-14+,23-17+/t21-,24-,25-,30-,32+,33+,34+/m0/s1. The zero-order chi connectivity index (χ0) is 36.1. The molecule has 0 unspecified atom stereocenters. The first-order valence-corrected chi connectivity index (χ1v) is 16.2. The van der Waals surface area contributed by atoms with Crippen LogP contribution in [0.2, 0.25) is 0 Å². The number of nitrogens with zero attached hydrogens (tertiary/aromatic N) is 1. The summed E-state index contributed by atoms with van der Waals surface area (Å²) in [6.07, 6.45) is 5.08. The van der Waals surface area contributed by atoms with Crippen LogP contribution in [0.4, 0.5) is 10.5 Å². The van der Waals surface area contributed by atoms with Gasteiger partial charge in [0.1, 0.15) is 17.6 Å². The summed E-state index contributed by atoms with van der Waals surface area (Å²) in [6.45, 7) is 11.8. The number of phenols is 1. The van der Waals surface area contributed by atoms with E-state index in [0.717, 1.165) is 5.57 Å². The Morgan fingerprint density at radius 2 is 1.73 bits per heavy atom. The molecule has 2 rings (SSSR count). The number of carbonyl (C=O) groups is 3. The van der Waals surface area contributed by atoms with Crippen molar-refractivity contribution in [3.8, 4) is 11.5 Å². The molecule has 268 valence electrons. The van der Waals surface area contributed by atoms with Gasteiger partial charge in [0.2, 0.25) is 0 Å². The maximum atomic E-state index is 13.3. The third-order valence-electron chi connectivity index (χ3n) is 8.58. The van der Waals surface area contributed by atoms with Gasteiger partial charge in [-0.15, -0.1) is 0 Å². The van der Waals surface area contributed by atoms with E-state index in [-0.39, 0.29) is 41.0 Å². The Kier molecular flexibility index (Phi) is 16.3. The molecule has 0 saturated heterocycles. The number of hydrogen-bond donors (Lipinski definition) is 3. The summed E-state index contributed by atoms with van der Waals surface area (Å²) in [6, 6.07) is 2.96. The van der Waals surface area contributed by atoms with E-state index in [2.05, 4.69) is 10.6 Å². The number of ether oxygens (including phenoxy) is 5. The van der Waals surface area contributed by atoms with Crippen LogP contribution in [0.15, 0.2) is 47.6 Å². The van der Waals surface area contributed by atoms with E-state index in [4.69, 9.17) is 23.7 Å². The van der Waals surface area contributed by atoms with Gasteiger partial charge in [-0.25, -0.2) is 4.79 Å². The molecule has 0 spiro atoms. The molecule has 1 aliphatic heterocycles. The number of esters is 1. The Bertz CT molecular complexity index is 1340. The van der Waals surface area contributed by atoms with E-state index in [9.17, 15) is 19.5 Å². The minimum Gasteiger partial charge on any atom is -0.505 e. The fourth-order valence-electron chi connectivity index (χ4n) is 5.95. The van der Waals surface area contributed by atoms with Crippen LogP contribution in [0.25, 0.3) is 0 Å². The van der Waals surface area contributed by atoms with Gasteiger partial charge in [-0.2, -0.15) is 0 Å². The smallest absolute Gasteiger partial charge is 0.415 e. The number of fused-ring (bicyclic) bond motifs is 2. The van der Waals surface area contributed by atoms with Gasteiger partial charge in [0.25, 0.3) is 5.91 Å². The van der Waals surface area contributed by atoms with Gasteiger partial charge >= 0.3 is 12.1 Å². The van der Waals surface area contributed by atoms with Gasteiger partial charge in [0.15, 0.2) is 0 Å². The Morgan fingerprint density at radius 1 is 1.04 bits per heavy atom. The molecule has 0 aromatic heterocycles. The number of hydrogen-bond acceptors (Lipinski definition) is 10. The Balaban J connectivity index is 2.73. The van der Waals surface area contributed by atoms with Crippen LogP contribution in [-0.4, -0.2) is 94.8 Å². The number of carbonyl (C=O) groups excluding carboxylic acids is 3. The summed E-state index contributed by atoms with van der Waals surface area (Å²) in [5.41, 5.74) is 1.58. The molecule has 1 aromatic rings. The Hall–Kier alpha value is -3.71. The summed E-state index contributed by atoms with van der Waals surface area (Å²) < 4.78 is 29.3. The number of rotatable bonds is 8. The molecule has 0 fully saturated rings. The van der Waals surface area contributed by atoms with Crippen LogP contribution in [0, 0.1) is 17.8 Å². The molecule has 12 nitrogen and oxygen atoms in total. The van der Waals surface area contributed by atoms with Crippen molar-refractivity contribution >= 4 is 23.7 Å². The minimum atomic E-state index is -0.695. The number of likely N-dealkylation sites (N-methyl/N-ethyl adjacent to an activating group) is 2. The second-order valence-corrected chi connectivity index (χ2v) is 12.5. The maximum absolute atomic E-state index is 13.3. The molecule has 7 atom stereocenters. The monoisotopic (exact) mass is 673 g/mol. The fraction of sp³-hybridized carbons (Fsp3) is 0.583. The number of nitrogens with one attached hydrogen (secondary N) is 2. The highest BCUT2D eigenvalue weighted by molar-refractivity contribution is 6.04. The first kappa shape index (κ1) is 40.5. The second-order valence-electron chi connectivity index (χ2n) is 12.5. The first-order chi connectivity index (χ1) is 22.7. The normalized spacial score (nSPS) is 28.6. The van der Waals surface area contributed by atoms with E-state index in [1.54, 1.807) is 53.5 Å². The summed E-state index contributed by atoms with van der Waals surface area (Å²) in [7, 11) is 8.17. The van der Waals surface area contributed by atoms with E-state index in [0.29, 0.717) is 30.6 Å². The summed E-state index contributed by atoms with van der Waals surface area (Å²) in [5, 5.41) is 17.3. The molecule has 1 aromatic carbocycles. The molecule has 0 saturated carbocycles. The number of allylic oxidation sites excluding steroid dienone is 2. The second kappa shape index (κ2) is 19.3. The minimum absolute atomic E-state index is 0.0527. The van der Waals surface area contributed by atoms with E-state index in [1.165, 1.54) is 25.0 Å². The highest BCUT2D eigenvalue weighted by Gasteiger charge is 2.33. The number of aromatic hydroxyl groups is 1. The molecule has 3 N–H and O–H groups in total. The number of anilines is 1. The van der Waals surface area contributed by atoms with E-state index in [1.807, 2.05) is 39.8 Å². The molecule has 1 aliphatic rings. The lowest BCUT2D eigenvalue weighted by atomic mass is 9.86. The van der Waals surface area contributed by atoms with Crippen LogP contribution in [0.3, 0.4) is 0 Å². The Labute approximate surface area is 285 Å². The van der Waals surface area contributed by atoms with Crippen LogP contribution >= 0.6 is 0 Å². The molecule has 12 heteroatoms. The average Bonchev–Trinajstić information content (AvgIpc) is 3.03. The zero-order valence-electron chi connectivity index (χ0n) is 30.3. The number of phenolic OH excluding ortho intramolecular Hbond substituents is 1.